The zero-order valence-electron chi connectivity index (χ0n) is 15.5. The lowest BCUT2D eigenvalue weighted by Gasteiger charge is -2.36. The van der Waals surface area contributed by atoms with Crippen LogP contribution in [0, 0.1) is 0 Å². The van der Waals surface area contributed by atoms with E-state index in [2.05, 4.69) is 21.8 Å². The number of carbonyl (C=O) groups excluding carboxylic acids is 1. The molecule has 1 aromatic rings. The van der Waals surface area contributed by atoms with Gasteiger partial charge in [0, 0.05) is 39.2 Å². The first-order valence-electron chi connectivity index (χ1n) is 9.33. The van der Waals surface area contributed by atoms with Crippen LogP contribution in [0.3, 0.4) is 0 Å². The number of rotatable bonds is 3. The highest BCUT2D eigenvalue weighted by Crippen LogP contribution is 2.20. The van der Waals surface area contributed by atoms with Gasteiger partial charge < -0.3 is 9.80 Å². The van der Waals surface area contributed by atoms with Crippen molar-refractivity contribution in [3.05, 3.63) is 21.6 Å². The number of fused-ring (bicyclic) bond motifs is 1. The smallest absolute Gasteiger partial charge is 0.255 e. The van der Waals surface area contributed by atoms with Gasteiger partial charge in [-0.3, -0.25) is 19.5 Å². The molecule has 2 aliphatic heterocycles. The Morgan fingerprint density at radius 3 is 2.72 bits per heavy atom. The highest BCUT2D eigenvalue weighted by atomic mass is 16.2. The second kappa shape index (κ2) is 7.56. The van der Waals surface area contributed by atoms with Crippen LogP contribution < -0.4 is 10.5 Å². The fraction of sp³-hybridized carbons (Fsp3) is 0.722. The molecule has 0 radical (unpaired) electrons. The number of anilines is 1. The van der Waals surface area contributed by atoms with Gasteiger partial charge in [0.1, 0.15) is 0 Å². The van der Waals surface area contributed by atoms with Crippen LogP contribution in [-0.4, -0.2) is 72.0 Å². The number of aromatic amines is 1. The molecule has 0 saturated carbocycles. The van der Waals surface area contributed by atoms with Gasteiger partial charge in [-0.2, -0.15) is 0 Å². The molecule has 0 aromatic carbocycles. The maximum atomic E-state index is 13.1. The number of hydrogen-bond donors (Lipinski definition) is 1. The molecule has 3 heterocycles. The minimum atomic E-state index is -0.0733. The zero-order valence-corrected chi connectivity index (χ0v) is 15.5. The summed E-state index contributed by atoms with van der Waals surface area (Å²) in [5, 5.41) is 0. The Morgan fingerprint density at radius 1 is 1.24 bits per heavy atom. The van der Waals surface area contributed by atoms with Crippen LogP contribution >= 0.6 is 0 Å². The fourth-order valence-electron chi connectivity index (χ4n) is 3.89. The van der Waals surface area contributed by atoms with Crippen LogP contribution in [0.15, 0.2) is 4.79 Å². The lowest BCUT2D eigenvalue weighted by molar-refractivity contribution is -0.138. The van der Waals surface area contributed by atoms with Gasteiger partial charge in [0.15, 0.2) is 0 Å². The van der Waals surface area contributed by atoms with Gasteiger partial charge in [0.2, 0.25) is 11.9 Å². The zero-order chi connectivity index (χ0) is 18.0. The highest BCUT2D eigenvalue weighted by molar-refractivity contribution is 5.82. The van der Waals surface area contributed by atoms with Crippen LogP contribution in [0.2, 0.25) is 0 Å². The molecule has 1 amide bonds. The normalized spacial score (nSPS) is 21.6. The number of nitrogens with zero attached hydrogens (tertiary/aromatic N) is 4. The Hall–Kier alpha value is -1.89. The molecular formula is C18H29N5O2. The highest BCUT2D eigenvalue weighted by Gasteiger charge is 2.32. The third kappa shape index (κ3) is 3.71. The number of likely N-dealkylation sites (N-methyl/N-ethyl adjacent to an activating group) is 1. The number of hydrogen-bond acceptors (Lipinski definition) is 5. The summed E-state index contributed by atoms with van der Waals surface area (Å²) in [6, 6.07) is 0.00328. The van der Waals surface area contributed by atoms with Gasteiger partial charge in [0.25, 0.3) is 5.56 Å². The Morgan fingerprint density at radius 2 is 2.00 bits per heavy atom. The summed E-state index contributed by atoms with van der Waals surface area (Å²) in [7, 11) is 3.72. The molecule has 0 aliphatic carbocycles. The molecule has 2 aliphatic rings. The van der Waals surface area contributed by atoms with Crippen LogP contribution in [0.5, 0.6) is 0 Å². The van der Waals surface area contributed by atoms with Crippen molar-refractivity contribution in [3.8, 4) is 0 Å². The lowest BCUT2D eigenvalue weighted by Crippen LogP contribution is -2.51. The van der Waals surface area contributed by atoms with Crippen molar-refractivity contribution in [2.75, 3.05) is 45.2 Å². The first-order chi connectivity index (χ1) is 12.0. The predicted octanol–water partition coefficient (Wildman–Crippen LogP) is 0.638. The summed E-state index contributed by atoms with van der Waals surface area (Å²) in [4.78, 5) is 38.9. The van der Waals surface area contributed by atoms with Gasteiger partial charge in [-0.15, -0.1) is 0 Å². The first kappa shape index (κ1) is 17.9. The van der Waals surface area contributed by atoms with Crippen molar-refractivity contribution in [2.24, 2.45) is 0 Å². The molecule has 25 heavy (non-hydrogen) atoms. The van der Waals surface area contributed by atoms with Crippen molar-refractivity contribution in [1.29, 1.82) is 0 Å². The van der Waals surface area contributed by atoms with Gasteiger partial charge in [-0.1, -0.05) is 13.3 Å². The summed E-state index contributed by atoms with van der Waals surface area (Å²) in [5.74, 6) is 0.798. The summed E-state index contributed by atoms with van der Waals surface area (Å²) in [6.45, 7) is 5.29. The van der Waals surface area contributed by atoms with Crippen molar-refractivity contribution in [1.82, 2.24) is 19.8 Å². The molecule has 138 valence electrons. The number of likely N-dealkylation sites (tertiary alicyclic amines) is 1. The maximum Gasteiger partial charge on any atom is 0.255 e. The lowest BCUT2D eigenvalue weighted by atomic mass is 10.0. The van der Waals surface area contributed by atoms with E-state index in [1.807, 2.05) is 19.0 Å². The average molecular weight is 347 g/mol. The second-order valence-corrected chi connectivity index (χ2v) is 7.17. The summed E-state index contributed by atoms with van der Waals surface area (Å²) < 4.78 is 0. The number of piperidine rings is 1. The molecule has 1 aromatic heterocycles. The van der Waals surface area contributed by atoms with Crippen molar-refractivity contribution in [3.63, 3.8) is 0 Å². The average Bonchev–Trinajstić information content (AvgIpc) is 2.84. The molecule has 0 spiro atoms. The Kier molecular flexibility index (Phi) is 5.42. The summed E-state index contributed by atoms with van der Waals surface area (Å²) in [6.07, 6.45) is 4.46. The van der Waals surface area contributed by atoms with E-state index in [1.165, 1.54) is 6.42 Å². The number of H-pyrrole nitrogens is 1. The maximum absolute atomic E-state index is 13.1. The molecule has 7 nitrogen and oxygen atoms in total. The monoisotopic (exact) mass is 347 g/mol. The Bertz CT molecular complexity index is 685. The quantitative estimate of drug-likeness (QED) is 0.869. The molecule has 1 saturated heterocycles. The van der Waals surface area contributed by atoms with Gasteiger partial charge in [-0.05, 0) is 32.4 Å². The van der Waals surface area contributed by atoms with E-state index >= 15 is 0 Å². The molecule has 1 N–H and O–H groups in total. The van der Waals surface area contributed by atoms with Crippen LogP contribution in [0.1, 0.15) is 37.4 Å². The Labute approximate surface area is 149 Å². The van der Waals surface area contributed by atoms with Crippen molar-refractivity contribution < 1.29 is 4.79 Å². The number of carbonyl (C=O) groups is 1. The molecule has 1 unspecified atom stereocenters. The summed E-state index contributed by atoms with van der Waals surface area (Å²) >= 11 is 0. The van der Waals surface area contributed by atoms with E-state index in [4.69, 9.17) is 0 Å². The van der Waals surface area contributed by atoms with Crippen molar-refractivity contribution >= 4 is 11.9 Å². The van der Waals surface area contributed by atoms with Crippen LogP contribution in [0.25, 0.3) is 0 Å². The molecular weight excluding hydrogens is 318 g/mol. The second-order valence-electron chi connectivity index (χ2n) is 7.17. The van der Waals surface area contributed by atoms with E-state index < -0.39 is 0 Å². The number of amides is 1. The largest absolute Gasteiger partial charge is 0.348 e. The molecule has 1 atom stereocenters. The standard InChI is InChI=1S/C18H29N5O2/c1-4-22-10-6-5-7-15(22)17(25)23-11-8-13-14(9-12-23)19-18(21(2)3)20-16(13)24/h15H,4-12H2,1-3H3,(H,19,20,24). The number of nitrogens with one attached hydrogen (secondary N) is 1. The SMILES string of the molecule is CCN1CCCCC1C(=O)N1CCc2nc(N(C)C)[nH]c(=O)c2CC1. The van der Waals surface area contributed by atoms with Gasteiger partial charge in [-0.25, -0.2) is 4.98 Å². The van der Waals surface area contributed by atoms with E-state index in [0.717, 1.165) is 37.2 Å². The minimum absolute atomic E-state index is 0.00328. The third-order valence-electron chi connectivity index (χ3n) is 5.38. The predicted molar refractivity (Wildman–Crippen MR) is 98.1 cm³/mol. The molecule has 1 fully saturated rings. The van der Waals surface area contributed by atoms with E-state index in [0.29, 0.717) is 31.9 Å². The summed E-state index contributed by atoms with van der Waals surface area (Å²) in [5.41, 5.74) is 1.49. The molecule has 3 rings (SSSR count). The van der Waals surface area contributed by atoms with Crippen molar-refractivity contribution in [2.45, 2.75) is 45.1 Å². The van der Waals surface area contributed by atoms with E-state index in [1.54, 1.807) is 4.90 Å². The van der Waals surface area contributed by atoms with Gasteiger partial charge >= 0.3 is 0 Å². The van der Waals surface area contributed by atoms with Crippen LogP contribution in [0.4, 0.5) is 5.95 Å². The van der Waals surface area contributed by atoms with E-state index in [-0.39, 0.29) is 17.5 Å². The van der Waals surface area contributed by atoms with Crippen LogP contribution in [-0.2, 0) is 17.6 Å². The topological polar surface area (TPSA) is 72.5 Å². The molecule has 0 bridgehead atoms. The van der Waals surface area contributed by atoms with Gasteiger partial charge in [0.05, 0.1) is 11.7 Å². The fourth-order valence-corrected chi connectivity index (χ4v) is 3.89. The minimum Gasteiger partial charge on any atom is -0.348 e. The Balaban J connectivity index is 1.76. The molecule has 7 heteroatoms. The third-order valence-corrected chi connectivity index (χ3v) is 5.38. The van der Waals surface area contributed by atoms with E-state index in [9.17, 15) is 9.59 Å². The number of aromatic nitrogens is 2. The first-order valence-corrected chi connectivity index (χ1v) is 9.33.